The predicted octanol–water partition coefficient (Wildman–Crippen LogP) is 5.98. The lowest BCUT2D eigenvalue weighted by Crippen LogP contribution is -2.39. The van der Waals surface area contributed by atoms with Crippen LogP contribution in [0.1, 0.15) is 23.1 Å². The van der Waals surface area contributed by atoms with Crippen LogP contribution in [0.5, 0.6) is 0 Å². The first-order valence-corrected chi connectivity index (χ1v) is 11.5. The summed E-state index contributed by atoms with van der Waals surface area (Å²) in [5.41, 5.74) is 7.79. The third-order valence-electron chi connectivity index (χ3n) is 6.80. The first kappa shape index (κ1) is 19.9. The standard InChI is InChI=1S/C27H25FN4O/c28-21-8-10-24-23(15-21)25(16-29-24)30-27(33)31-13-11-19-14-22(9-7-20(19)17-31)32-12-3-5-18-4-1-2-6-26(18)32/h1-2,4,6-10,14-16,29H,3,5,11-13,17H2,(H,30,33). The number of hydrogen-bond acceptors (Lipinski definition) is 2. The number of nitrogens with zero attached hydrogens (tertiary/aromatic N) is 2. The number of fused-ring (bicyclic) bond motifs is 3. The molecule has 0 fully saturated rings. The van der Waals surface area contributed by atoms with Gasteiger partial charge in [0.1, 0.15) is 5.82 Å². The van der Waals surface area contributed by atoms with Gasteiger partial charge in [0.25, 0.3) is 0 Å². The van der Waals surface area contributed by atoms with Gasteiger partial charge in [-0.15, -0.1) is 0 Å². The van der Waals surface area contributed by atoms with Gasteiger partial charge in [0.2, 0.25) is 0 Å². The molecule has 0 saturated carbocycles. The number of rotatable bonds is 2. The minimum Gasteiger partial charge on any atom is -0.359 e. The second-order valence-electron chi connectivity index (χ2n) is 8.83. The number of aromatic nitrogens is 1. The van der Waals surface area contributed by atoms with Gasteiger partial charge in [-0.25, -0.2) is 9.18 Å². The molecule has 3 heterocycles. The summed E-state index contributed by atoms with van der Waals surface area (Å²) >= 11 is 0. The lowest BCUT2D eigenvalue weighted by molar-refractivity contribution is 0.206. The van der Waals surface area contributed by atoms with Crippen LogP contribution in [0.15, 0.2) is 66.9 Å². The number of halogens is 1. The molecule has 0 unspecified atom stereocenters. The van der Waals surface area contributed by atoms with E-state index in [1.54, 1.807) is 12.3 Å². The van der Waals surface area contributed by atoms with Crippen LogP contribution < -0.4 is 10.2 Å². The van der Waals surface area contributed by atoms with Crippen LogP contribution in [0.3, 0.4) is 0 Å². The molecule has 0 atom stereocenters. The average molecular weight is 441 g/mol. The summed E-state index contributed by atoms with van der Waals surface area (Å²) in [7, 11) is 0. The monoisotopic (exact) mass is 440 g/mol. The van der Waals surface area contributed by atoms with Crippen LogP contribution in [-0.2, 0) is 19.4 Å². The normalized spacial score (nSPS) is 15.3. The molecule has 0 radical (unpaired) electrons. The summed E-state index contributed by atoms with van der Waals surface area (Å²) in [5.74, 6) is -0.323. The van der Waals surface area contributed by atoms with Crippen molar-refractivity contribution in [2.24, 2.45) is 0 Å². The Morgan fingerprint density at radius 1 is 0.939 bits per heavy atom. The number of nitrogens with one attached hydrogen (secondary N) is 2. The number of carbonyl (C=O) groups excluding carboxylic acids is 1. The van der Waals surface area contributed by atoms with E-state index in [0.29, 0.717) is 24.2 Å². The maximum atomic E-state index is 13.7. The van der Waals surface area contributed by atoms with Crippen molar-refractivity contribution in [3.63, 3.8) is 0 Å². The van der Waals surface area contributed by atoms with Crippen molar-refractivity contribution in [2.45, 2.75) is 25.8 Å². The number of anilines is 3. The van der Waals surface area contributed by atoms with E-state index < -0.39 is 0 Å². The molecule has 5 nitrogen and oxygen atoms in total. The van der Waals surface area contributed by atoms with E-state index in [4.69, 9.17) is 0 Å². The number of carbonyl (C=O) groups is 1. The molecule has 0 saturated heterocycles. The van der Waals surface area contributed by atoms with Gasteiger partial charge in [0.05, 0.1) is 5.69 Å². The van der Waals surface area contributed by atoms with Crippen LogP contribution in [-0.4, -0.2) is 29.0 Å². The zero-order valence-corrected chi connectivity index (χ0v) is 18.3. The summed E-state index contributed by atoms with van der Waals surface area (Å²) in [6, 6.07) is 19.6. The Morgan fingerprint density at radius 2 is 1.85 bits per heavy atom. The first-order valence-electron chi connectivity index (χ1n) is 11.5. The Labute approximate surface area is 191 Å². The van der Waals surface area contributed by atoms with Gasteiger partial charge in [0.15, 0.2) is 0 Å². The lowest BCUT2D eigenvalue weighted by atomic mass is 9.97. The number of aryl methyl sites for hydroxylation is 1. The van der Waals surface area contributed by atoms with Crippen LogP contribution in [0.25, 0.3) is 10.9 Å². The molecule has 3 aromatic carbocycles. The number of benzene rings is 3. The number of H-pyrrole nitrogens is 1. The Balaban J connectivity index is 1.20. The molecule has 0 bridgehead atoms. The number of aromatic amines is 1. The zero-order valence-electron chi connectivity index (χ0n) is 18.3. The van der Waals surface area contributed by atoms with E-state index in [1.165, 1.54) is 40.2 Å². The van der Waals surface area contributed by atoms with Gasteiger partial charge in [-0.2, -0.15) is 0 Å². The fourth-order valence-electron chi connectivity index (χ4n) is 5.07. The molecule has 1 aromatic heterocycles. The van der Waals surface area contributed by atoms with Crippen molar-refractivity contribution in [2.75, 3.05) is 23.3 Å². The molecule has 2 N–H and O–H groups in total. The van der Waals surface area contributed by atoms with Crippen molar-refractivity contribution in [3.05, 3.63) is 89.4 Å². The summed E-state index contributed by atoms with van der Waals surface area (Å²) in [6.45, 7) is 2.24. The van der Waals surface area contributed by atoms with Crippen molar-refractivity contribution in [3.8, 4) is 0 Å². The molecule has 4 aromatic rings. The maximum absolute atomic E-state index is 13.7. The van der Waals surface area contributed by atoms with E-state index in [-0.39, 0.29) is 11.8 Å². The Bertz CT molecular complexity index is 1360. The fraction of sp³-hybridized carbons (Fsp3) is 0.222. The molecular weight excluding hydrogens is 415 g/mol. The molecule has 0 spiro atoms. The van der Waals surface area contributed by atoms with Gasteiger partial charge in [-0.05, 0) is 72.4 Å². The molecule has 166 valence electrons. The van der Waals surface area contributed by atoms with Crippen LogP contribution in [0, 0.1) is 5.82 Å². The van der Waals surface area contributed by atoms with Gasteiger partial charge < -0.3 is 20.1 Å². The van der Waals surface area contributed by atoms with E-state index in [0.717, 1.165) is 31.3 Å². The topological polar surface area (TPSA) is 51.4 Å². The molecule has 2 amide bonds. The maximum Gasteiger partial charge on any atom is 0.322 e. The summed E-state index contributed by atoms with van der Waals surface area (Å²) < 4.78 is 13.7. The minimum atomic E-state index is -0.323. The summed E-state index contributed by atoms with van der Waals surface area (Å²) in [4.78, 5) is 20.3. The second kappa shape index (κ2) is 7.96. The van der Waals surface area contributed by atoms with Crippen molar-refractivity contribution >= 4 is 34.0 Å². The van der Waals surface area contributed by atoms with Crippen molar-refractivity contribution in [1.29, 1.82) is 0 Å². The zero-order chi connectivity index (χ0) is 22.4. The number of para-hydroxylation sites is 1. The molecule has 33 heavy (non-hydrogen) atoms. The highest BCUT2D eigenvalue weighted by atomic mass is 19.1. The van der Waals surface area contributed by atoms with Crippen LogP contribution in [0.2, 0.25) is 0 Å². The highest BCUT2D eigenvalue weighted by Crippen LogP contribution is 2.35. The molecule has 2 aliphatic rings. The molecule has 2 aliphatic heterocycles. The third-order valence-corrected chi connectivity index (χ3v) is 6.80. The highest BCUT2D eigenvalue weighted by Gasteiger charge is 2.24. The van der Waals surface area contributed by atoms with Crippen molar-refractivity contribution < 1.29 is 9.18 Å². The number of urea groups is 1. The van der Waals surface area contributed by atoms with Crippen LogP contribution in [0.4, 0.5) is 26.2 Å². The molecule has 6 rings (SSSR count). The molecule has 0 aliphatic carbocycles. The van der Waals surface area contributed by atoms with Crippen LogP contribution >= 0.6 is 0 Å². The smallest absolute Gasteiger partial charge is 0.322 e. The minimum absolute atomic E-state index is 0.167. The van der Waals surface area contributed by atoms with Gasteiger partial charge >= 0.3 is 6.03 Å². The summed E-state index contributed by atoms with van der Waals surface area (Å²) in [6.07, 6.45) is 4.81. The SMILES string of the molecule is O=C(Nc1c[nH]c2ccc(F)cc12)N1CCc2cc(N3CCCc4ccccc43)ccc2C1. The van der Waals surface area contributed by atoms with E-state index in [1.807, 2.05) is 4.90 Å². The van der Waals surface area contributed by atoms with Gasteiger partial charge in [-0.1, -0.05) is 24.3 Å². The Kier molecular flexibility index (Phi) is 4.79. The van der Waals surface area contributed by atoms with Gasteiger partial charge in [0, 0.05) is 48.1 Å². The number of hydrogen-bond donors (Lipinski definition) is 2. The van der Waals surface area contributed by atoms with Gasteiger partial charge in [-0.3, -0.25) is 0 Å². The second-order valence-corrected chi connectivity index (χ2v) is 8.83. The lowest BCUT2D eigenvalue weighted by Gasteiger charge is -2.33. The largest absolute Gasteiger partial charge is 0.359 e. The van der Waals surface area contributed by atoms with Crippen molar-refractivity contribution in [1.82, 2.24) is 9.88 Å². The fourth-order valence-corrected chi connectivity index (χ4v) is 5.07. The molecular formula is C27H25FN4O. The quantitative estimate of drug-likeness (QED) is 0.403. The third kappa shape index (κ3) is 3.61. The Morgan fingerprint density at radius 3 is 2.79 bits per heavy atom. The molecule has 6 heteroatoms. The number of amides is 2. The highest BCUT2D eigenvalue weighted by molar-refractivity contribution is 6.01. The summed E-state index contributed by atoms with van der Waals surface area (Å²) in [5, 5.41) is 3.62. The first-order chi connectivity index (χ1) is 16.2. The van der Waals surface area contributed by atoms with E-state index in [2.05, 4.69) is 57.7 Å². The van der Waals surface area contributed by atoms with E-state index >= 15 is 0 Å². The van der Waals surface area contributed by atoms with E-state index in [9.17, 15) is 9.18 Å². The predicted molar refractivity (Wildman–Crippen MR) is 130 cm³/mol. The average Bonchev–Trinajstić information content (AvgIpc) is 3.24. The Hall–Kier alpha value is -3.80.